The van der Waals surface area contributed by atoms with Crippen molar-refractivity contribution in [2.24, 2.45) is 0 Å². The van der Waals surface area contributed by atoms with Crippen LogP contribution in [0.1, 0.15) is 15.9 Å². The van der Waals surface area contributed by atoms with Crippen LogP contribution in [0.5, 0.6) is 0 Å². The molecule has 0 amide bonds. The predicted molar refractivity (Wildman–Crippen MR) is 38.1 cm³/mol. The third-order valence-corrected chi connectivity index (χ3v) is 1.38. The van der Waals surface area contributed by atoms with Gasteiger partial charge in [-0.25, -0.2) is 4.79 Å². The summed E-state index contributed by atoms with van der Waals surface area (Å²) < 4.78 is 0. The number of benzene rings is 1. The average molecular weight is 359 g/mol. The fourth-order valence-electron chi connectivity index (χ4n) is 0.813. The van der Waals surface area contributed by atoms with E-state index < -0.39 is 5.97 Å². The number of carboxylic acids is 1. The van der Waals surface area contributed by atoms with E-state index in [0.717, 1.165) is 5.56 Å². The second-order valence-corrected chi connectivity index (χ2v) is 2.12. The first kappa shape index (κ1) is 11.3. The van der Waals surface area contributed by atoms with Crippen molar-refractivity contribution < 1.29 is 59.8 Å². The number of aromatic carboxylic acids is 1. The van der Waals surface area contributed by atoms with E-state index in [1.807, 2.05) is 6.07 Å². The summed E-state index contributed by atoms with van der Waals surface area (Å²) in [6.07, 6.45) is 0. The van der Waals surface area contributed by atoms with Crippen LogP contribution >= 0.6 is 0 Å². The molecular weight excluding hydrogens is 351 g/mol. The number of carboxylic acid groups (broad SMARTS) is 1. The molecule has 1 aromatic carbocycles. The zero-order valence-electron chi connectivity index (χ0n) is 6.66. The van der Waals surface area contributed by atoms with Crippen LogP contribution in [0.25, 0.3) is 0 Å². The molecule has 11 heavy (non-hydrogen) atoms. The first-order valence-corrected chi connectivity index (χ1v) is 3.01. The monoisotopic (exact) mass is 359 g/mol. The number of hydrogen-bond donors (Lipinski definition) is 1. The van der Waals surface area contributed by atoms with Gasteiger partial charge < -0.3 is 5.11 Å². The van der Waals surface area contributed by atoms with Crippen LogP contribution in [0.4, 0.5) is 0 Å². The Morgan fingerprint density at radius 2 is 1.91 bits per heavy atom. The van der Waals surface area contributed by atoms with Gasteiger partial charge >= 0.3 is 5.97 Å². The van der Waals surface area contributed by atoms with Crippen molar-refractivity contribution in [2.45, 2.75) is 6.92 Å². The maximum Gasteiger partial charge on any atom is 0.335 e. The molecule has 0 aromatic heterocycles. The van der Waals surface area contributed by atoms with Gasteiger partial charge in [-0.1, -0.05) is 18.2 Å². The molecule has 0 aliphatic carbocycles. The van der Waals surface area contributed by atoms with Crippen LogP contribution in [-0.2, 0) is 0 Å². The van der Waals surface area contributed by atoms with Crippen molar-refractivity contribution in [3.05, 3.63) is 35.4 Å². The van der Waals surface area contributed by atoms with E-state index in [1.54, 1.807) is 25.1 Å². The van der Waals surface area contributed by atoms with E-state index in [-0.39, 0.29) is 49.9 Å². The first-order chi connectivity index (χ1) is 4.72. The molecule has 2 nitrogen and oxygen atoms in total. The van der Waals surface area contributed by atoms with Gasteiger partial charge in [0.25, 0.3) is 0 Å². The van der Waals surface area contributed by atoms with Gasteiger partial charge in [0, 0.05) is 49.9 Å². The SMILES string of the molecule is Cc1ccccc1C(=O)O.[Fr]. The van der Waals surface area contributed by atoms with E-state index in [2.05, 4.69) is 0 Å². The Balaban J connectivity index is 0.000001000. The first-order valence-electron chi connectivity index (χ1n) is 3.01. The summed E-state index contributed by atoms with van der Waals surface area (Å²) >= 11 is 0. The van der Waals surface area contributed by atoms with Gasteiger partial charge in [0.2, 0.25) is 0 Å². The van der Waals surface area contributed by atoms with Crippen molar-refractivity contribution in [1.29, 1.82) is 0 Å². The molecule has 0 fully saturated rings. The quantitative estimate of drug-likeness (QED) is 0.829. The Labute approximate surface area is 107 Å². The second-order valence-electron chi connectivity index (χ2n) is 2.12. The minimum atomic E-state index is -0.863. The largest absolute Gasteiger partial charge is 0.478 e. The van der Waals surface area contributed by atoms with Crippen molar-refractivity contribution >= 4 is 5.97 Å². The normalized spacial score (nSPS) is 8.45. The molecule has 3 heteroatoms. The Hall–Kier alpha value is 0.287. The van der Waals surface area contributed by atoms with E-state index in [9.17, 15) is 4.79 Å². The maximum atomic E-state index is 10.4. The molecule has 1 radical (unpaired) electrons. The molecule has 0 unspecified atom stereocenters. The van der Waals surface area contributed by atoms with Gasteiger partial charge in [-0.2, -0.15) is 0 Å². The van der Waals surface area contributed by atoms with Crippen LogP contribution in [-0.4, -0.2) is 11.1 Å². The molecule has 0 aliphatic heterocycles. The fourth-order valence-corrected chi connectivity index (χ4v) is 0.813. The Kier molecular flexibility index (Phi) is 5.16. The third-order valence-electron chi connectivity index (χ3n) is 1.38. The minimum absolute atomic E-state index is 0. The number of hydrogen-bond acceptors (Lipinski definition) is 1. The smallest absolute Gasteiger partial charge is 0.335 e. The summed E-state index contributed by atoms with van der Waals surface area (Å²) in [4.78, 5) is 10.4. The van der Waals surface area contributed by atoms with Gasteiger partial charge in [0.15, 0.2) is 0 Å². The molecule has 1 N–H and O–H groups in total. The van der Waals surface area contributed by atoms with Gasteiger partial charge in [0.05, 0.1) is 5.56 Å². The van der Waals surface area contributed by atoms with E-state index in [0.29, 0.717) is 5.56 Å². The molecule has 53 valence electrons. The van der Waals surface area contributed by atoms with Crippen LogP contribution in [0.15, 0.2) is 24.3 Å². The number of aryl methyl sites for hydroxylation is 1. The maximum absolute atomic E-state index is 10.4. The fraction of sp³-hybridized carbons (Fsp3) is 0.125. The molecule has 0 saturated heterocycles. The van der Waals surface area contributed by atoms with Crippen LogP contribution in [0, 0.1) is 56.8 Å². The Morgan fingerprint density at radius 3 is 2.27 bits per heavy atom. The zero-order valence-corrected chi connectivity index (χ0v) is 14.9. The van der Waals surface area contributed by atoms with E-state index in [1.165, 1.54) is 0 Å². The molecule has 0 atom stereocenters. The van der Waals surface area contributed by atoms with Crippen LogP contribution in [0.2, 0.25) is 0 Å². The summed E-state index contributed by atoms with van der Waals surface area (Å²) in [6, 6.07) is 6.92. The van der Waals surface area contributed by atoms with Crippen molar-refractivity contribution in [3.8, 4) is 0 Å². The number of rotatable bonds is 1. The second kappa shape index (κ2) is 5.03. The Morgan fingerprint density at radius 1 is 1.36 bits per heavy atom. The summed E-state index contributed by atoms with van der Waals surface area (Å²) in [5.74, 6) is -0.863. The number of carbonyl (C=O) groups is 1. The third kappa shape index (κ3) is 3.02. The van der Waals surface area contributed by atoms with E-state index >= 15 is 0 Å². The molecule has 0 bridgehead atoms. The van der Waals surface area contributed by atoms with Gasteiger partial charge in [-0.05, 0) is 18.6 Å². The molecule has 0 heterocycles. The topological polar surface area (TPSA) is 37.3 Å². The standard InChI is InChI=1S/C8H8O2.Fr/c1-6-4-2-3-5-7(6)8(9)10;/h2-5H,1H3,(H,9,10);. The molecule has 0 spiro atoms. The zero-order chi connectivity index (χ0) is 7.56. The molecular formula is C8H8FrO2. The summed E-state index contributed by atoms with van der Waals surface area (Å²) in [7, 11) is 0. The van der Waals surface area contributed by atoms with Crippen LogP contribution in [0.3, 0.4) is 0 Å². The summed E-state index contributed by atoms with van der Waals surface area (Å²) in [5, 5.41) is 8.57. The Bertz CT molecular complexity index is 258. The average Bonchev–Trinajstić information content (AvgIpc) is 1.88. The molecule has 1 aromatic rings. The summed E-state index contributed by atoms with van der Waals surface area (Å²) in [6.45, 7) is 1.78. The van der Waals surface area contributed by atoms with Gasteiger partial charge in [-0.3, -0.25) is 0 Å². The van der Waals surface area contributed by atoms with Crippen molar-refractivity contribution in [3.63, 3.8) is 0 Å². The molecule has 0 saturated carbocycles. The summed E-state index contributed by atoms with van der Waals surface area (Å²) in [5.41, 5.74) is 1.18. The van der Waals surface area contributed by atoms with E-state index in [4.69, 9.17) is 5.11 Å². The predicted octanol–water partition coefficient (Wildman–Crippen LogP) is 1.69. The van der Waals surface area contributed by atoms with Crippen molar-refractivity contribution in [1.82, 2.24) is 0 Å². The minimum Gasteiger partial charge on any atom is -0.478 e. The molecule has 1 rings (SSSR count). The van der Waals surface area contributed by atoms with Gasteiger partial charge in [-0.15, -0.1) is 0 Å². The van der Waals surface area contributed by atoms with Crippen molar-refractivity contribution in [2.75, 3.05) is 0 Å². The van der Waals surface area contributed by atoms with Crippen LogP contribution < -0.4 is 0 Å². The van der Waals surface area contributed by atoms with Gasteiger partial charge in [0.1, 0.15) is 0 Å². The molecule has 0 aliphatic rings.